The van der Waals surface area contributed by atoms with Gasteiger partial charge in [0.25, 0.3) is 0 Å². The van der Waals surface area contributed by atoms with E-state index < -0.39 is 17.7 Å². The van der Waals surface area contributed by atoms with Gasteiger partial charge in [0.05, 0.1) is 0 Å². The standard InChI is InChI=1S/C15H13BrF3N/c16-11-4-9(5-12(17)8-11)6-13(20)7-10-2-1-3-14(18)15(10)19/h1-5,8,13H,6-7,20H2. The summed E-state index contributed by atoms with van der Waals surface area (Å²) in [6.07, 6.45) is 0.573. The molecule has 2 aromatic carbocycles. The number of benzene rings is 2. The highest BCUT2D eigenvalue weighted by Gasteiger charge is 2.12. The van der Waals surface area contributed by atoms with Gasteiger partial charge in [0, 0.05) is 10.5 Å². The molecule has 0 aliphatic heterocycles. The van der Waals surface area contributed by atoms with E-state index in [0.29, 0.717) is 16.5 Å². The third-order valence-electron chi connectivity index (χ3n) is 2.93. The van der Waals surface area contributed by atoms with Gasteiger partial charge in [0.15, 0.2) is 11.6 Å². The molecule has 0 radical (unpaired) electrons. The lowest BCUT2D eigenvalue weighted by Crippen LogP contribution is -2.26. The van der Waals surface area contributed by atoms with Crippen LogP contribution in [0, 0.1) is 17.5 Å². The van der Waals surface area contributed by atoms with Crippen LogP contribution in [0.5, 0.6) is 0 Å². The van der Waals surface area contributed by atoms with Crippen LogP contribution in [0.1, 0.15) is 11.1 Å². The summed E-state index contributed by atoms with van der Waals surface area (Å²) in [4.78, 5) is 0. The van der Waals surface area contributed by atoms with Gasteiger partial charge < -0.3 is 5.73 Å². The van der Waals surface area contributed by atoms with Crippen LogP contribution in [-0.4, -0.2) is 6.04 Å². The second-order valence-corrected chi connectivity index (χ2v) is 5.57. The summed E-state index contributed by atoms with van der Waals surface area (Å²) in [5, 5.41) is 0. The van der Waals surface area contributed by atoms with Crippen molar-refractivity contribution in [1.29, 1.82) is 0 Å². The molecular weight excluding hydrogens is 331 g/mol. The minimum atomic E-state index is -0.886. The highest BCUT2D eigenvalue weighted by molar-refractivity contribution is 9.10. The first-order valence-electron chi connectivity index (χ1n) is 6.09. The van der Waals surface area contributed by atoms with E-state index in [9.17, 15) is 13.2 Å². The molecule has 20 heavy (non-hydrogen) atoms. The fourth-order valence-corrected chi connectivity index (χ4v) is 2.61. The smallest absolute Gasteiger partial charge is 0.162 e. The average Bonchev–Trinajstić information content (AvgIpc) is 2.33. The summed E-state index contributed by atoms with van der Waals surface area (Å²) in [5.74, 6) is -2.12. The van der Waals surface area contributed by atoms with E-state index in [1.165, 1.54) is 24.3 Å². The summed E-state index contributed by atoms with van der Waals surface area (Å²) in [5.41, 5.74) is 6.87. The number of rotatable bonds is 4. The Labute approximate surface area is 123 Å². The van der Waals surface area contributed by atoms with E-state index >= 15 is 0 Å². The highest BCUT2D eigenvalue weighted by Crippen LogP contribution is 2.18. The first-order valence-corrected chi connectivity index (χ1v) is 6.88. The number of hydrogen-bond donors (Lipinski definition) is 1. The Kier molecular flexibility index (Phi) is 4.83. The van der Waals surface area contributed by atoms with E-state index in [2.05, 4.69) is 15.9 Å². The topological polar surface area (TPSA) is 26.0 Å². The zero-order valence-corrected chi connectivity index (χ0v) is 12.1. The van der Waals surface area contributed by atoms with Crippen molar-refractivity contribution in [3.63, 3.8) is 0 Å². The van der Waals surface area contributed by atoms with Gasteiger partial charge in [-0.1, -0.05) is 28.1 Å². The third kappa shape index (κ3) is 3.84. The molecule has 0 aliphatic carbocycles. The van der Waals surface area contributed by atoms with E-state index in [-0.39, 0.29) is 17.8 Å². The van der Waals surface area contributed by atoms with E-state index in [1.54, 1.807) is 6.07 Å². The molecule has 106 valence electrons. The molecule has 0 spiro atoms. The Hall–Kier alpha value is -1.33. The van der Waals surface area contributed by atoms with Crippen LogP contribution in [0.25, 0.3) is 0 Å². The van der Waals surface area contributed by atoms with Gasteiger partial charge in [0.2, 0.25) is 0 Å². The van der Waals surface area contributed by atoms with Crippen LogP contribution in [0.4, 0.5) is 13.2 Å². The Bertz CT molecular complexity index is 596. The van der Waals surface area contributed by atoms with E-state index in [4.69, 9.17) is 5.73 Å². The maximum Gasteiger partial charge on any atom is 0.162 e. The van der Waals surface area contributed by atoms with Gasteiger partial charge in [-0.05, 0) is 48.2 Å². The number of hydrogen-bond acceptors (Lipinski definition) is 1. The summed E-state index contributed by atoms with van der Waals surface area (Å²) in [6.45, 7) is 0. The van der Waals surface area contributed by atoms with Crippen LogP contribution in [-0.2, 0) is 12.8 Å². The Balaban J connectivity index is 2.09. The van der Waals surface area contributed by atoms with Crippen LogP contribution in [0.15, 0.2) is 40.9 Å². The van der Waals surface area contributed by atoms with Crippen molar-refractivity contribution in [2.75, 3.05) is 0 Å². The second kappa shape index (κ2) is 6.41. The van der Waals surface area contributed by atoms with Crippen LogP contribution in [0.2, 0.25) is 0 Å². The Morgan fingerprint density at radius 1 is 1.05 bits per heavy atom. The molecule has 0 saturated carbocycles. The van der Waals surface area contributed by atoms with E-state index in [1.807, 2.05) is 0 Å². The van der Waals surface area contributed by atoms with Gasteiger partial charge in [-0.3, -0.25) is 0 Å². The quantitative estimate of drug-likeness (QED) is 0.892. The Morgan fingerprint density at radius 2 is 1.80 bits per heavy atom. The summed E-state index contributed by atoms with van der Waals surface area (Å²) in [6, 6.07) is 8.08. The highest BCUT2D eigenvalue weighted by atomic mass is 79.9. The van der Waals surface area contributed by atoms with E-state index in [0.717, 1.165) is 6.07 Å². The van der Waals surface area contributed by atoms with Crippen molar-refractivity contribution in [3.05, 3.63) is 69.4 Å². The minimum Gasteiger partial charge on any atom is -0.327 e. The molecule has 1 unspecified atom stereocenters. The molecular formula is C15H13BrF3N. The molecule has 5 heteroatoms. The maximum atomic E-state index is 13.5. The SMILES string of the molecule is NC(Cc1cc(F)cc(Br)c1)Cc1cccc(F)c1F. The third-order valence-corrected chi connectivity index (χ3v) is 3.39. The molecule has 0 heterocycles. The molecule has 0 amide bonds. The molecule has 0 fully saturated rings. The zero-order chi connectivity index (χ0) is 14.7. The van der Waals surface area contributed by atoms with Crippen molar-refractivity contribution in [1.82, 2.24) is 0 Å². The molecule has 2 rings (SSSR count). The van der Waals surface area contributed by atoms with Crippen LogP contribution < -0.4 is 5.73 Å². The largest absolute Gasteiger partial charge is 0.327 e. The summed E-state index contributed by atoms with van der Waals surface area (Å²) < 4.78 is 40.5. The Morgan fingerprint density at radius 3 is 2.50 bits per heavy atom. The van der Waals surface area contributed by atoms with Gasteiger partial charge in [-0.25, -0.2) is 13.2 Å². The van der Waals surface area contributed by atoms with Gasteiger partial charge in [-0.2, -0.15) is 0 Å². The average molecular weight is 344 g/mol. The summed E-state index contributed by atoms with van der Waals surface area (Å²) >= 11 is 3.20. The van der Waals surface area contributed by atoms with Gasteiger partial charge in [-0.15, -0.1) is 0 Å². The first-order chi connectivity index (χ1) is 9.45. The van der Waals surface area contributed by atoms with Gasteiger partial charge >= 0.3 is 0 Å². The normalized spacial score (nSPS) is 12.4. The molecule has 0 saturated heterocycles. The lowest BCUT2D eigenvalue weighted by Gasteiger charge is -2.13. The first kappa shape index (κ1) is 15.1. The predicted molar refractivity (Wildman–Crippen MR) is 75.8 cm³/mol. The molecule has 0 bridgehead atoms. The van der Waals surface area contributed by atoms with Crippen molar-refractivity contribution in [3.8, 4) is 0 Å². The summed E-state index contributed by atoms with van der Waals surface area (Å²) in [7, 11) is 0. The fourth-order valence-electron chi connectivity index (χ4n) is 2.09. The molecule has 1 nitrogen and oxygen atoms in total. The maximum absolute atomic E-state index is 13.5. The van der Waals surface area contributed by atoms with Crippen LogP contribution in [0.3, 0.4) is 0 Å². The fraction of sp³-hybridized carbons (Fsp3) is 0.200. The monoisotopic (exact) mass is 343 g/mol. The second-order valence-electron chi connectivity index (χ2n) is 4.66. The molecule has 1 atom stereocenters. The van der Waals surface area contributed by atoms with Crippen molar-refractivity contribution >= 4 is 15.9 Å². The molecule has 2 N–H and O–H groups in total. The predicted octanol–water partition coefficient (Wildman–Crippen LogP) is 3.98. The number of halogens is 4. The van der Waals surface area contributed by atoms with Crippen molar-refractivity contribution in [2.24, 2.45) is 5.73 Å². The lowest BCUT2D eigenvalue weighted by atomic mass is 9.99. The van der Waals surface area contributed by atoms with Crippen molar-refractivity contribution < 1.29 is 13.2 Å². The van der Waals surface area contributed by atoms with Gasteiger partial charge in [0.1, 0.15) is 5.82 Å². The molecule has 0 aromatic heterocycles. The number of nitrogens with two attached hydrogens (primary N) is 1. The molecule has 2 aromatic rings. The van der Waals surface area contributed by atoms with Crippen molar-refractivity contribution in [2.45, 2.75) is 18.9 Å². The zero-order valence-electron chi connectivity index (χ0n) is 10.5. The van der Waals surface area contributed by atoms with Crippen LogP contribution >= 0.6 is 15.9 Å². The molecule has 0 aliphatic rings. The minimum absolute atomic E-state index is 0.192. The lowest BCUT2D eigenvalue weighted by molar-refractivity contribution is 0.492.